The number of carbonyl (C=O) groups is 2. The predicted octanol–water partition coefficient (Wildman–Crippen LogP) is 7.71. The minimum absolute atomic E-state index is 0.128. The van der Waals surface area contributed by atoms with Gasteiger partial charge in [0.1, 0.15) is 0 Å². The Hall–Kier alpha value is -3.00. The molecule has 7 rings (SSSR count). The summed E-state index contributed by atoms with van der Waals surface area (Å²) in [6.07, 6.45) is 9.86. The van der Waals surface area contributed by atoms with Crippen LogP contribution < -0.4 is 16.8 Å². The van der Waals surface area contributed by atoms with Crippen molar-refractivity contribution in [2.75, 3.05) is 12.7 Å². The molecule has 2 amide bonds. The number of nitrogens with one attached hydrogen (secondary N) is 2. The predicted molar refractivity (Wildman–Crippen MR) is 203 cm³/mol. The van der Waals surface area contributed by atoms with Gasteiger partial charge < -0.3 is 26.7 Å². The van der Waals surface area contributed by atoms with Crippen molar-refractivity contribution in [3.05, 3.63) is 106 Å². The van der Waals surface area contributed by atoms with Crippen LogP contribution in [0.2, 0.25) is 5.02 Å². The highest BCUT2D eigenvalue weighted by molar-refractivity contribution is 7.84. The molecule has 3 aromatic carbocycles. The van der Waals surface area contributed by atoms with E-state index in [9.17, 15) is 9.59 Å². The summed E-state index contributed by atoms with van der Waals surface area (Å²) < 4.78 is 7.30. The molecule has 4 aliphatic rings. The van der Waals surface area contributed by atoms with Crippen molar-refractivity contribution in [3.63, 3.8) is 0 Å². The van der Waals surface area contributed by atoms with Crippen LogP contribution in [0, 0.1) is 29.1 Å². The Balaban J connectivity index is 1.22. The van der Waals surface area contributed by atoms with Crippen LogP contribution in [0.4, 0.5) is 0 Å². The van der Waals surface area contributed by atoms with Crippen LogP contribution in [-0.4, -0.2) is 41.6 Å². The number of amides is 2. The fraction of sp³-hybridized carbons (Fsp3) is 0.410. The van der Waals surface area contributed by atoms with E-state index in [0.29, 0.717) is 40.3 Å². The zero-order chi connectivity index (χ0) is 34.5. The molecule has 0 aliphatic heterocycles. The van der Waals surface area contributed by atoms with E-state index >= 15 is 0 Å². The summed E-state index contributed by atoms with van der Waals surface area (Å²) in [4.78, 5) is 26.5. The second-order valence-corrected chi connectivity index (χ2v) is 17.2. The van der Waals surface area contributed by atoms with Gasteiger partial charge in [-0.25, -0.2) is 0 Å². The number of carbonyl (C=O) groups excluding carboxylic acids is 2. The fourth-order valence-corrected chi connectivity index (χ4v) is 11.6. The maximum absolute atomic E-state index is 13.1. The molecule has 7 nitrogen and oxygen atoms in total. The summed E-state index contributed by atoms with van der Waals surface area (Å²) in [5, 5.41) is 12.6. The Bertz CT molecular complexity index is 1650. The first-order valence-corrected chi connectivity index (χ1v) is 19.5. The summed E-state index contributed by atoms with van der Waals surface area (Å²) in [6, 6.07) is 25.4. The standard InChI is InChI=1S/C39H46ClN4O3PS/c40-33-8-4-7-31(17-33)29-9-11-30(12-10-29)35(42)19-34(49)18-32(38(43)46)24-48(37(44-36(45)23-41)16-25-5-2-1-3-6-25)47-39-20-26-13-27(21-39)15-28(14-26)22-39/h1-12,17,19,26-28,32,37,42,49H,13-16,18,20-24,41H2,(H2,43,46)(H,44,45)/b34-19-,42-35?/t26?,27?,28?,32?,37-,39?,48?/m1/s1. The van der Waals surface area contributed by atoms with Gasteiger partial charge in [0.2, 0.25) is 11.8 Å². The maximum atomic E-state index is 13.1. The van der Waals surface area contributed by atoms with E-state index in [1.807, 2.05) is 78.9 Å². The average Bonchev–Trinajstić information content (AvgIpc) is 3.07. The Morgan fingerprint density at radius 3 is 2.22 bits per heavy atom. The molecule has 2 unspecified atom stereocenters. The van der Waals surface area contributed by atoms with Crippen molar-refractivity contribution >= 4 is 49.9 Å². The molecule has 10 heteroatoms. The lowest BCUT2D eigenvalue weighted by Crippen LogP contribution is -2.52. The topological polar surface area (TPSA) is 131 Å². The van der Waals surface area contributed by atoms with Crippen LogP contribution in [0.5, 0.6) is 0 Å². The van der Waals surface area contributed by atoms with E-state index in [1.54, 1.807) is 6.08 Å². The molecule has 49 heavy (non-hydrogen) atoms. The summed E-state index contributed by atoms with van der Waals surface area (Å²) in [5.41, 5.74) is 15.7. The Morgan fingerprint density at radius 1 is 0.980 bits per heavy atom. The number of thiol groups is 1. The molecule has 4 bridgehead atoms. The van der Waals surface area contributed by atoms with E-state index in [0.717, 1.165) is 41.5 Å². The van der Waals surface area contributed by atoms with E-state index in [4.69, 9.17) is 45.6 Å². The quantitative estimate of drug-likeness (QED) is 0.0627. The van der Waals surface area contributed by atoms with Crippen molar-refractivity contribution < 1.29 is 14.1 Å². The Labute approximate surface area is 301 Å². The first-order chi connectivity index (χ1) is 23.6. The van der Waals surface area contributed by atoms with Gasteiger partial charge >= 0.3 is 0 Å². The molecule has 4 saturated carbocycles. The largest absolute Gasteiger partial charge is 0.369 e. The molecule has 0 aromatic heterocycles. The number of primary amides is 1. The van der Waals surface area contributed by atoms with Crippen LogP contribution >= 0.6 is 32.4 Å². The van der Waals surface area contributed by atoms with Crippen molar-refractivity contribution in [2.45, 2.75) is 62.8 Å². The molecule has 0 radical (unpaired) electrons. The van der Waals surface area contributed by atoms with E-state index in [2.05, 4.69) is 5.32 Å². The van der Waals surface area contributed by atoms with Crippen LogP contribution in [0.25, 0.3) is 11.1 Å². The average molecular weight is 717 g/mol. The second kappa shape index (κ2) is 15.9. The number of hydrogen-bond acceptors (Lipinski definition) is 6. The van der Waals surface area contributed by atoms with Gasteiger partial charge in [-0.15, -0.1) is 12.6 Å². The highest BCUT2D eigenvalue weighted by Gasteiger charge is 2.53. The minimum Gasteiger partial charge on any atom is -0.369 e. The van der Waals surface area contributed by atoms with E-state index < -0.39 is 20.0 Å². The number of halogens is 1. The third kappa shape index (κ3) is 9.22. The fourth-order valence-electron chi connectivity index (χ4n) is 8.47. The molecule has 6 N–H and O–H groups in total. The number of hydrogen-bond donors (Lipinski definition) is 5. The lowest BCUT2D eigenvalue weighted by atomic mass is 9.54. The number of allylic oxidation sites excluding steroid dienone is 2. The third-order valence-electron chi connectivity index (χ3n) is 10.3. The lowest BCUT2D eigenvalue weighted by molar-refractivity contribution is -0.121. The monoisotopic (exact) mass is 716 g/mol. The van der Waals surface area contributed by atoms with Crippen LogP contribution in [0.3, 0.4) is 0 Å². The first kappa shape index (κ1) is 35.8. The minimum atomic E-state index is -1.35. The van der Waals surface area contributed by atoms with E-state index in [1.165, 1.54) is 19.3 Å². The summed E-state index contributed by atoms with van der Waals surface area (Å²) in [7, 11) is -1.35. The number of benzene rings is 3. The van der Waals surface area contributed by atoms with Gasteiger partial charge in [0.25, 0.3) is 0 Å². The molecule has 0 spiro atoms. The highest BCUT2D eigenvalue weighted by Crippen LogP contribution is 2.62. The van der Waals surface area contributed by atoms with Gasteiger partial charge in [0, 0.05) is 17.1 Å². The maximum Gasteiger partial charge on any atom is 0.234 e. The van der Waals surface area contributed by atoms with Crippen molar-refractivity contribution in [3.8, 4) is 11.1 Å². The second-order valence-electron chi connectivity index (χ2n) is 14.2. The first-order valence-electron chi connectivity index (χ1n) is 17.2. The molecule has 3 atom stereocenters. The molecule has 4 aliphatic carbocycles. The third-order valence-corrected chi connectivity index (χ3v) is 13.3. The molecular formula is C39H46ClN4O3PS. The van der Waals surface area contributed by atoms with Gasteiger partial charge in [-0.1, -0.05) is 78.3 Å². The summed E-state index contributed by atoms with van der Waals surface area (Å²) >= 11 is 10.9. The Morgan fingerprint density at radius 2 is 1.63 bits per heavy atom. The summed E-state index contributed by atoms with van der Waals surface area (Å²) in [6.45, 7) is -0.128. The molecule has 3 aromatic rings. The van der Waals surface area contributed by atoms with Crippen LogP contribution in [0.15, 0.2) is 89.8 Å². The normalized spacial score (nSPS) is 24.6. The van der Waals surface area contributed by atoms with Gasteiger partial charge in [-0.2, -0.15) is 0 Å². The molecule has 258 valence electrons. The summed E-state index contributed by atoms with van der Waals surface area (Å²) in [5.74, 6) is 0.420. The molecule has 0 heterocycles. The highest BCUT2D eigenvalue weighted by atomic mass is 35.5. The number of rotatable bonds is 15. The SMILES string of the molecule is N=C(/C=C(\S)CC(CP(OC12CC3CC(CC(C3)C1)C2)[C@H](Cc1ccccc1)NC(=O)CN)C(N)=O)c1ccc(-c2cccc(Cl)c2)cc1. The van der Waals surface area contributed by atoms with Gasteiger partial charge in [0.15, 0.2) is 0 Å². The van der Waals surface area contributed by atoms with Gasteiger partial charge in [-0.05, 0) is 114 Å². The molecular weight excluding hydrogens is 671 g/mol. The van der Waals surface area contributed by atoms with Crippen molar-refractivity contribution in [1.82, 2.24) is 5.32 Å². The van der Waals surface area contributed by atoms with E-state index in [-0.39, 0.29) is 36.0 Å². The molecule has 0 saturated heterocycles. The van der Waals surface area contributed by atoms with Gasteiger partial charge in [0.05, 0.1) is 31.8 Å². The number of nitrogens with two attached hydrogens (primary N) is 2. The molecule has 4 fully saturated rings. The van der Waals surface area contributed by atoms with Crippen LogP contribution in [0.1, 0.15) is 56.1 Å². The zero-order valence-electron chi connectivity index (χ0n) is 27.7. The smallest absolute Gasteiger partial charge is 0.234 e. The van der Waals surface area contributed by atoms with Crippen molar-refractivity contribution in [1.29, 1.82) is 5.41 Å². The van der Waals surface area contributed by atoms with Crippen molar-refractivity contribution in [2.24, 2.45) is 35.1 Å². The zero-order valence-corrected chi connectivity index (χ0v) is 30.2. The Kier molecular flexibility index (Phi) is 11.6. The lowest BCUT2D eigenvalue weighted by Gasteiger charge is -2.57. The van der Waals surface area contributed by atoms with Crippen LogP contribution in [-0.2, 0) is 20.5 Å². The van der Waals surface area contributed by atoms with Gasteiger partial charge in [-0.3, -0.25) is 9.59 Å².